The summed E-state index contributed by atoms with van der Waals surface area (Å²) in [4.78, 5) is 28.6. The SMILES string of the molecule is CCNS(=O)(=O)c1ccc(CCC(=O)N(Cc2ccccc2)C(Cc2ccccc2)C(=O)NCCO)cc1. The lowest BCUT2D eigenvalue weighted by molar-refractivity contribution is -0.141. The van der Waals surface area contributed by atoms with Crippen molar-refractivity contribution < 1.29 is 23.1 Å². The molecule has 0 aliphatic heterocycles. The zero-order valence-electron chi connectivity index (χ0n) is 21.5. The van der Waals surface area contributed by atoms with Crippen LogP contribution in [0.15, 0.2) is 89.8 Å². The summed E-state index contributed by atoms with van der Waals surface area (Å²) in [5.74, 6) is -0.525. The molecule has 0 radical (unpaired) electrons. The van der Waals surface area contributed by atoms with Gasteiger partial charge >= 0.3 is 0 Å². The molecule has 3 rings (SSSR count). The van der Waals surface area contributed by atoms with Crippen molar-refractivity contribution in [3.05, 3.63) is 102 Å². The highest BCUT2D eigenvalue weighted by atomic mass is 32.2. The Hall–Kier alpha value is -3.53. The molecule has 9 heteroatoms. The van der Waals surface area contributed by atoms with Gasteiger partial charge in [-0.1, -0.05) is 79.7 Å². The van der Waals surface area contributed by atoms with Crippen LogP contribution in [0.3, 0.4) is 0 Å². The number of amides is 2. The number of aliphatic hydroxyl groups excluding tert-OH is 1. The number of sulfonamides is 1. The third-order valence-electron chi connectivity index (χ3n) is 6.07. The van der Waals surface area contributed by atoms with Gasteiger partial charge in [0.2, 0.25) is 21.8 Å². The minimum absolute atomic E-state index is 0.0969. The average Bonchev–Trinajstić information content (AvgIpc) is 2.93. The maximum absolute atomic E-state index is 13.6. The number of hydrogen-bond acceptors (Lipinski definition) is 5. The topological polar surface area (TPSA) is 116 Å². The van der Waals surface area contributed by atoms with Crippen LogP contribution in [0.4, 0.5) is 0 Å². The summed E-state index contributed by atoms with van der Waals surface area (Å²) < 4.78 is 26.9. The van der Waals surface area contributed by atoms with Gasteiger partial charge in [-0.3, -0.25) is 9.59 Å². The molecule has 0 saturated heterocycles. The first-order chi connectivity index (χ1) is 18.3. The molecular formula is C29H35N3O5S. The first-order valence-electron chi connectivity index (χ1n) is 12.7. The minimum atomic E-state index is -3.55. The maximum Gasteiger partial charge on any atom is 0.243 e. The number of aliphatic hydroxyl groups is 1. The summed E-state index contributed by atoms with van der Waals surface area (Å²) in [7, 11) is -3.55. The van der Waals surface area contributed by atoms with Gasteiger partial charge in [0.25, 0.3) is 0 Å². The maximum atomic E-state index is 13.6. The smallest absolute Gasteiger partial charge is 0.243 e. The molecule has 38 heavy (non-hydrogen) atoms. The lowest BCUT2D eigenvalue weighted by Crippen LogP contribution is -2.51. The third-order valence-corrected chi connectivity index (χ3v) is 7.63. The van der Waals surface area contributed by atoms with Crippen LogP contribution in [0, 0.1) is 0 Å². The molecule has 202 valence electrons. The summed E-state index contributed by atoms with van der Waals surface area (Å²) in [6.07, 6.45) is 0.861. The molecule has 3 N–H and O–H groups in total. The molecular weight excluding hydrogens is 502 g/mol. The number of nitrogens with one attached hydrogen (secondary N) is 2. The van der Waals surface area contributed by atoms with E-state index >= 15 is 0 Å². The second kappa shape index (κ2) is 14.4. The van der Waals surface area contributed by atoms with Gasteiger partial charge in [0.05, 0.1) is 11.5 Å². The molecule has 0 fully saturated rings. The average molecular weight is 538 g/mol. The summed E-state index contributed by atoms with van der Waals surface area (Å²) in [6, 6.07) is 24.7. The van der Waals surface area contributed by atoms with E-state index in [1.165, 1.54) is 12.1 Å². The second-order valence-corrected chi connectivity index (χ2v) is 10.6. The van der Waals surface area contributed by atoms with Crippen molar-refractivity contribution in [3.63, 3.8) is 0 Å². The van der Waals surface area contributed by atoms with Gasteiger partial charge in [0.1, 0.15) is 6.04 Å². The number of benzene rings is 3. The molecule has 1 atom stereocenters. The fourth-order valence-corrected chi connectivity index (χ4v) is 5.18. The van der Waals surface area contributed by atoms with Crippen molar-refractivity contribution in [3.8, 4) is 0 Å². The van der Waals surface area contributed by atoms with Crippen LogP contribution in [0.5, 0.6) is 0 Å². The normalized spacial score (nSPS) is 12.1. The Morgan fingerprint density at radius 3 is 2.05 bits per heavy atom. The van der Waals surface area contributed by atoms with Crippen molar-refractivity contribution in [2.45, 2.75) is 43.7 Å². The second-order valence-electron chi connectivity index (χ2n) is 8.87. The van der Waals surface area contributed by atoms with Crippen LogP contribution in [0.25, 0.3) is 0 Å². The van der Waals surface area contributed by atoms with E-state index in [4.69, 9.17) is 0 Å². The molecule has 0 heterocycles. The van der Waals surface area contributed by atoms with Gasteiger partial charge in [-0.05, 0) is 35.2 Å². The lowest BCUT2D eigenvalue weighted by atomic mass is 10.0. The Labute approximate surface area is 224 Å². The standard InChI is InChI=1S/C29H35N3O5S/c1-2-31-38(36,37)26-16-13-23(14-17-26)15-18-28(34)32(22-25-11-7-4-8-12-25)27(29(35)30-19-20-33)21-24-9-5-3-6-10-24/h3-14,16-17,27,31,33H,2,15,18-22H2,1H3,(H,30,35). The molecule has 0 aliphatic rings. The monoisotopic (exact) mass is 537 g/mol. The first-order valence-corrected chi connectivity index (χ1v) is 14.2. The van der Waals surface area contributed by atoms with Crippen LogP contribution in [-0.4, -0.2) is 56.0 Å². The van der Waals surface area contributed by atoms with Crippen molar-refractivity contribution in [2.75, 3.05) is 19.7 Å². The fraction of sp³-hybridized carbons (Fsp3) is 0.310. The van der Waals surface area contributed by atoms with Gasteiger partial charge < -0.3 is 15.3 Å². The zero-order valence-corrected chi connectivity index (χ0v) is 22.4. The Bertz CT molecular complexity index is 1270. The van der Waals surface area contributed by atoms with E-state index in [9.17, 15) is 23.1 Å². The Kier molecular flexibility index (Phi) is 11.0. The predicted octanol–water partition coefficient (Wildman–Crippen LogP) is 2.67. The van der Waals surface area contributed by atoms with Gasteiger partial charge in [-0.25, -0.2) is 13.1 Å². The van der Waals surface area contributed by atoms with Crippen molar-refractivity contribution in [1.82, 2.24) is 14.9 Å². The summed E-state index contributed by atoms with van der Waals surface area (Å²) >= 11 is 0. The van der Waals surface area contributed by atoms with E-state index in [0.29, 0.717) is 19.4 Å². The van der Waals surface area contributed by atoms with Crippen molar-refractivity contribution >= 4 is 21.8 Å². The summed E-state index contributed by atoms with van der Waals surface area (Å²) in [5.41, 5.74) is 2.63. The Morgan fingerprint density at radius 1 is 0.868 bits per heavy atom. The lowest BCUT2D eigenvalue weighted by Gasteiger charge is -2.31. The van der Waals surface area contributed by atoms with Gasteiger partial charge in [-0.15, -0.1) is 0 Å². The summed E-state index contributed by atoms with van der Waals surface area (Å²) in [5, 5.41) is 12.0. The third kappa shape index (κ3) is 8.51. The molecule has 0 bridgehead atoms. The Balaban J connectivity index is 1.83. The fourth-order valence-electron chi connectivity index (χ4n) is 4.13. The molecule has 0 aliphatic carbocycles. The van der Waals surface area contributed by atoms with Gasteiger partial charge in [0, 0.05) is 32.5 Å². The zero-order chi connectivity index (χ0) is 27.4. The van der Waals surface area contributed by atoms with Crippen LogP contribution in [0.2, 0.25) is 0 Å². The quantitative estimate of drug-likeness (QED) is 0.292. The van der Waals surface area contributed by atoms with Crippen LogP contribution >= 0.6 is 0 Å². The van der Waals surface area contributed by atoms with Crippen LogP contribution in [0.1, 0.15) is 30.0 Å². The molecule has 0 spiro atoms. The number of aryl methyl sites for hydroxylation is 1. The molecule has 8 nitrogen and oxygen atoms in total. The van der Waals surface area contributed by atoms with Crippen LogP contribution in [-0.2, 0) is 39.0 Å². The molecule has 0 saturated carbocycles. The van der Waals surface area contributed by atoms with E-state index in [2.05, 4.69) is 10.0 Å². The highest BCUT2D eigenvalue weighted by Crippen LogP contribution is 2.18. The highest BCUT2D eigenvalue weighted by Gasteiger charge is 2.30. The highest BCUT2D eigenvalue weighted by molar-refractivity contribution is 7.89. The number of carbonyl (C=O) groups is 2. The molecule has 3 aromatic carbocycles. The largest absolute Gasteiger partial charge is 0.395 e. The van der Waals surface area contributed by atoms with E-state index in [-0.39, 0.29) is 42.8 Å². The van der Waals surface area contributed by atoms with E-state index in [1.807, 2.05) is 60.7 Å². The molecule has 2 amide bonds. The molecule has 0 aromatic heterocycles. The van der Waals surface area contributed by atoms with Crippen molar-refractivity contribution in [2.24, 2.45) is 0 Å². The Morgan fingerprint density at radius 2 is 1.47 bits per heavy atom. The molecule has 3 aromatic rings. The minimum Gasteiger partial charge on any atom is -0.395 e. The summed E-state index contributed by atoms with van der Waals surface area (Å²) in [6.45, 7) is 2.17. The number of nitrogens with zero attached hydrogens (tertiary/aromatic N) is 1. The number of carbonyl (C=O) groups excluding carboxylic acids is 2. The first kappa shape index (κ1) is 29.0. The number of hydrogen-bond donors (Lipinski definition) is 3. The van der Waals surface area contributed by atoms with Gasteiger partial charge in [-0.2, -0.15) is 0 Å². The molecule has 1 unspecified atom stereocenters. The van der Waals surface area contributed by atoms with Gasteiger partial charge in [0.15, 0.2) is 0 Å². The van der Waals surface area contributed by atoms with E-state index in [1.54, 1.807) is 24.0 Å². The van der Waals surface area contributed by atoms with E-state index in [0.717, 1.165) is 16.7 Å². The van der Waals surface area contributed by atoms with Crippen molar-refractivity contribution in [1.29, 1.82) is 0 Å². The number of rotatable bonds is 14. The van der Waals surface area contributed by atoms with E-state index < -0.39 is 16.1 Å². The predicted molar refractivity (Wildman–Crippen MR) is 147 cm³/mol. The van der Waals surface area contributed by atoms with Crippen LogP contribution < -0.4 is 10.0 Å².